The van der Waals surface area contributed by atoms with E-state index in [4.69, 9.17) is 0 Å². The van der Waals surface area contributed by atoms with Crippen LogP contribution < -0.4 is 5.32 Å². The number of hydrogen-bond acceptors (Lipinski definition) is 5. The normalized spacial score (nSPS) is 15.8. The van der Waals surface area contributed by atoms with E-state index in [0.717, 1.165) is 12.1 Å². The molecule has 0 aliphatic heterocycles. The molecule has 0 bridgehead atoms. The van der Waals surface area contributed by atoms with Crippen molar-refractivity contribution in [1.82, 2.24) is 10.3 Å². The van der Waals surface area contributed by atoms with Crippen molar-refractivity contribution in [2.45, 2.75) is 45.0 Å². The van der Waals surface area contributed by atoms with E-state index in [2.05, 4.69) is 24.1 Å². The second-order valence-electron chi connectivity index (χ2n) is 4.34. The van der Waals surface area contributed by atoms with Crippen molar-refractivity contribution in [3.8, 4) is 0 Å². The predicted molar refractivity (Wildman–Crippen MR) is 72.0 cm³/mol. The van der Waals surface area contributed by atoms with Gasteiger partial charge in [-0.05, 0) is 20.3 Å². The van der Waals surface area contributed by atoms with Gasteiger partial charge in [-0.1, -0.05) is 6.92 Å². The summed E-state index contributed by atoms with van der Waals surface area (Å²) in [5.41, 5.74) is 0.917. The van der Waals surface area contributed by atoms with Crippen LogP contribution in [0.2, 0.25) is 0 Å². The minimum atomic E-state index is -3.05. The Hall–Kier alpha value is -0.460. The van der Waals surface area contributed by atoms with Gasteiger partial charge in [0, 0.05) is 24.2 Å². The molecule has 0 amide bonds. The summed E-state index contributed by atoms with van der Waals surface area (Å²) >= 11 is 1.41. The molecule has 1 aromatic rings. The zero-order chi connectivity index (χ0) is 13.1. The predicted octanol–water partition coefficient (Wildman–Crippen LogP) is 2.14. The summed E-state index contributed by atoms with van der Waals surface area (Å²) in [5, 5.41) is 5.42. The summed E-state index contributed by atoms with van der Waals surface area (Å²) in [5.74, 6) is 0. The smallest absolute Gasteiger partial charge is 0.156 e. The first kappa shape index (κ1) is 14.6. The van der Waals surface area contributed by atoms with Crippen molar-refractivity contribution < 1.29 is 8.42 Å². The molecule has 0 saturated carbocycles. The van der Waals surface area contributed by atoms with Crippen molar-refractivity contribution in [1.29, 1.82) is 0 Å². The summed E-state index contributed by atoms with van der Waals surface area (Å²) < 4.78 is 22.8. The van der Waals surface area contributed by atoms with Gasteiger partial charge in [-0.2, -0.15) is 0 Å². The molecule has 1 aromatic heterocycles. The van der Waals surface area contributed by atoms with E-state index in [1.54, 1.807) is 6.92 Å². The second-order valence-corrected chi connectivity index (χ2v) is 7.59. The first-order chi connectivity index (χ1) is 7.84. The van der Waals surface area contributed by atoms with E-state index < -0.39 is 15.1 Å². The molecular weight excluding hydrogens is 256 g/mol. The topological polar surface area (TPSA) is 59.1 Å². The first-order valence-electron chi connectivity index (χ1n) is 5.71. The van der Waals surface area contributed by atoms with Gasteiger partial charge < -0.3 is 5.32 Å². The molecule has 1 heterocycles. The lowest BCUT2D eigenvalue weighted by Gasteiger charge is -2.09. The largest absolute Gasteiger partial charge is 0.309 e. The van der Waals surface area contributed by atoms with Crippen LogP contribution in [-0.2, 0) is 16.4 Å². The van der Waals surface area contributed by atoms with Crippen LogP contribution in [0.25, 0.3) is 0 Å². The Balaban J connectivity index is 2.66. The fourth-order valence-electron chi connectivity index (χ4n) is 1.20. The molecule has 1 rings (SSSR count). The summed E-state index contributed by atoms with van der Waals surface area (Å²) in [6, 6.07) is 0.451. The van der Waals surface area contributed by atoms with Crippen LogP contribution in [0.15, 0.2) is 5.38 Å². The molecule has 17 heavy (non-hydrogen) atoms. The highest BCUT2D eigenvalue weighted by Crippen LogP contribution is 2.24. The Morgan fingerprint density at radius 3 is 2.65 bits per heavy atom. The summed E-state index contributed by atoms with van der Waals surface area (Å²) in [4.78, 5) is 4.36. The lowest BCUT2D eigenvalue weighted by Crippen LogP contribution is -2.24. The van der Waals surface area contributed by atoms with Gasteiger partial charge in [0.05, 0.1) is 5.69 Å². The molecule has 0 radical (unpaired) electrons. The Morgan fingerprint density at radius 2 is 2.12 bits per heavy atom. The Labute approximate surface area is 107 Å². The van der Waals surface area contributed by atoms with Gasteiger partial charge >= 0.3 is 0 Å². The first-order valence-corrected chi connectivity index (χ1v) is 8.54. The van der Waals surface area contributed by atoms with Crippen molar-refractivity contribution in [3.63, 3.8) is 0 Å². The molecule has 0 spiro atoms. The third kappa shape index (κ3) is 4.37. The van der Waals surface area contributed by atoms with Gasteiger partial charge in [0.15, 0.2) is 9.84 Å². The van der Waals surface area contributed by atoms with E-state index in [-0.39, 0.29) is 0 Å². The molecule has 0 saturated heterocycles. The molecule has 2 atom stereocenters. The van der Waals surface area contributed by atoms with Crippen LogP contribution in [0.5, 0.6) is 0 Å². The molecule has 2 unspecified atom stereocenters. The van der Waals surface area contributed by atoms with Crippen LogP contribution in [-0.4, -0.2) is 25.7 Å². The average molecular weight is 276 g/mol. The molecular formula is C11H20N2O2S2. The van der Waals surface area contributed by atoms with Crippen molar-refractivity contribution >= 4 is 21.2 Å². The molecule has 1 N–H and O–H groups in total. The highest BCUT2D eigenvalue weighted by atomic mass is 32.2. The van der Waals surface area contributed by atoms with E-state index in [1.165, 1.54) is 17.6 Å². The number of thiazole rings is 1. The molecule has 6 heteroatoms. The standard InChI is InChI=1S/C11H20N2O2S2/c1-5-8(2)12-6-10-7-16-11(13-10)9(3)17(4,14)15/h7-9,12H,5-6H2,1-4H3. The lowest BCUT2D eigenvalue weighted by molar-refractivity contribution is 0.529. The van der Waals surface area contributed by atoms with E-state index in [0.29, 0.717) is 17.6 Å². The lowest BCUT2D eigenvalue weighted by atomic mass is 10.2. The van der Waals surface area contributed by atoms with E-state index >= 15 is 0 Å². The maximum atomic E-state index is 11.4. The van der Waals surface area contributed by atoms with E-state index in [1.807, 2.05) is 5.38 Å². The van der Waals surface area contributed by atoms with Gasteiger partial charge in [-0.3, -0.25) is 0 Å². The van der Waals surface area contributed by atoms with E-state index in [9.17, 15) is 8.42 Å². The number of nitrogens with one attached hydrogen (secondary N) is 1. The van der Waals surface area contributed by atoms with Gasteiger partial charge in [0.25, 0.3) is 0 Å². The zero-order valence-electron chi connectivity index (χ0n) is 10.7. The van der Waals surface area contributed by atoms with Crippen molar-refractivity contribution in [2.75, 3.05) is 6.26 Å². The van der Waals surface area contributed by atoms with Crippen LogP contribution in [0.4, 0.5) is 0 Å². The molecule has 98 valence electrons. The molecule has 0 aliphatic carbocycles. The molecule has 4 nitrogen and oxygen atoms in total. The number of nitrogens with zero attached hydrogens (tertiary/aromatic N) is 1. The number of sulfone groups is 1. The van der Waals surface area contributed by atoms with Gasteiger partial charge in [0.1, 0.15) is 10.3 Å². The van der Waals surface area contributed by atoms with Gasteiger partial charge in [0.2, 0.25) is 0 Å². The second kappa shape index (κ2) is 5.93. The molecule has 0 fully saturated rings. The van der Waals surface area contributed by atoms with Crippen LogP contribution in [0.3, 0.4) is 0 Å². The van der Waals surface area contributed by atoms with Crippen molar-refractivity contribution in [2.24, 2.45) is 0 Å². The number of aromatic nitrogens is 1. The zero-order valence-corrected chi connectivity index (χ0v) is 12.4. The maximum absolute atomic E-state index is 11.4. The molecule has 0 aromatic carbocycles. The fraction of sp³-hybridized carbons (Fsp3) is 0.727. The van der Waals surface area contributed by atoms with Gasteiger partial charge in [-0.25, -0.2) is 13.4 Å². The fourth-order valence-corrected chi connectivity index (χ4v) is 3.06. The number of hydrogen-bond donors (Lipinski definition) is 1. The summed E-state index contributed by atoms with van der Waals surface area (Å²) in [6.45, 7) is 6.62. The summed E-state index contributed by atoms with van der Waals surface area (Å²) in [6.07, 6.45) is 2.31. The minimum absolute atomic E-state index is 0.451. The molecule has 0 aliphatic rings. The highest BCUT2D eigenvalue weighted by molar-refractivity contribution is 7.91. The Kier molecular flexibility index (Phi) is 5.09. The quantitative estimate of drug-likeness (QED) is 0.865. The Morgan fingerprint density at radius 1 is 1.47 bits per heavy atom. The summed E-state index contributed by atoms with van der Waals surface area (Å²) in [7, 11) is -3.05. The van der Waals surface area contributed by atoms with Crippen molar-refractivity contribution in [3.05, 3.63) is 16.1 Å². The average Bonchev–Trinajstić information content (AvgIpc) is 2.71. The van der Waals surface area contributed by atoms with Crippen LogP contribution >= 0.6 is 11.3 Å². The monoisotopic (exact) mass is 276 g/mol. The third-order valence-corrected chi connectivity index (χ3v) is 5.54. The number of rotatable bonds is 6. The SMILES string of the molecule is CCC(C)NCc1csc(C(C)S(C)(=O)=O)n1. The van der Waals surface area contributed by atoms with Gasteiger partial charge in [-0.15, -0.1) is 11.3 Å². The highest BCUT2D eigenvalue weighted by Gasteiger charge is 2.20. The van der Waals surface area contributed by atoms with Crippen LogP contribution in [0, 0.1) is 0 Å². The maximum Gasteiger partial charge on any atom is 0.156 e. The third-order valence-electron chi connectivity index (χ3n) is 2.80. The Bertz CT molecular complexity index is 454. The minimum Gasteiger partial charge on any atom is -0.309 e. The van der Waals surface area contributed by atoms with Crippen LogP contribution in [0.1, 0.15) is 43.1 Å².